The van der Waals surface area contributed by atoms with Crippen LogP contribution in [-0.4, -0.2) is 14.3 Å². The maximum Gasteiger partial charge on any atom is 0.261 e. The average molecular weight is 375 g/mol. The molecule has 0 radical (unpaired) electrons. The van der Waals surface area contributed by atoms with Gasteiger partial charge in [0.1, 0.15) is 0 Å². The second kappa shape index (κ2) is 7.50. The van der Waals surface area contributed by atoms with Crippen molar-refractivity contribution < 1.29 is 13.2 Å². The highest BCUT2D eigenvalue weighted by molar-refractivity contribution is 7.92. The van der Waals surface area contributed by atoms with Gasteiger partial charge in [-0.25, -0.2) is 8.42 Å². The minimum absolute atomic E-state index is 0.0357. The largest absolute Gasteiger partial charge is 0.326 e. The molecule has 0 aliphatic carbocycles. The SMILES string of the molecule is CC(C)C(=O)Nc1ccc(NS(=O)(=O)c2ccc(C(C)(C)C)cc2)cc1. The minimum atomic E-state index is -3.66. The number of rotatable bonds is 5. The molecule has 2 aromatic carbocycles. The van der Waals surface area contributed by atoms with Crippen LogP contribution in [-0.2, 0) is 20.2 Å². The molecule has 0 aliphatic rings. The second-order valence-corrected chi connectivity index (χ2v) is 9.28. The van der Waals surface area contributed by atoms with Gasteiger partial charge in [0, 0.05) is 17.3 Å². The van der Waals surface area contributed by atoms with Crippen molar-refractivity contribution in [3.05, 3.63) is 54.1 Å². The van der Waals surface area contributed by atoms with Crippen molar-refractivity contribution >= 4 is 27.3 Å². The molecule has 0 aliphatic heterocycles. The Kier molecular flexibility index (Phi) is 5.76. The summed E-state index contributed by atoms with van der Waals surface area (Å²) >= 11 is 0. The molecule has 0 spiro atoms. The van der Waals surface area contributed by atoms with E-state index in [4.69, 9.17) is 0 Å². The number of hydrogen-bond acceptors (Lipinski definition) is 3. The van der Waals surface area contributed by atoms with Crippen LogP contribution in [0.3, 0.4) is 0 Å². The lowest BCUT2D eigenvalue weighted by Gasteiger charge is -2.19. The predicted molar refractivity (Wildman–Crippen MR) is 106 cm³/mol. The Labute approximate surface area is 155 Å². The van der Waals surface area contributed by atoms with Crippen LogP contribution in [0, 0.1) is 5.92 Å². The Hall–Kier alpha value is -2.34. The number of amides is 1. The molecular weight excluding hydrogens is 348 g/mol. The standard InChI is InChI=1S/C20H26N2O3S/c1-14(2)19(23)21-16-8-10-17(11-9-16)22-26(24,25)18-12-6-15(7-13-18)20(3,4)5/h6-14,22H,1-5H3,(H,21,23). The van der Waals surface area contributed by atoms with E-state index < -0.39 is 10.0 Å². The first-order chi connectivity index (χ1) is 12.0. The summed E-state index contributed by atoms with van der Waals surface area (Å²) in [6.45, 7) is 9.85. The normalized spacial score (nSPS) is 12.1. The Morgan fingerprint density at radius 3 is 1.85 bits per heavy atom. The molecule has 2 N–H and O–H groups in total. The van der Waals surface area contributed by atoms with Crippen molar-refractivity contribution in [3.8, 4) is 0 Å². The fourth-order valence-corrected chi connectivity index (χ4v) is 3.31. The molecule has 26 heavy (non-hydrogen) atoms. The number of carbonyl (C=O) groups is 1. The van der Waals surface area contributed by atoms with E-state index in [9.17, 15) is 13.2 Å². The molecule has 1 amide bonds. The summed E-state index contributed by atoms with van der Waals surface area (Å²) in [6, 6.07) is 13.5. The van der Waals surface area contributed by atoms with Gasteiger partial charge < -0.3 is 5.32 Å². The van der Waals surface area contributed by atoms with E-state index in [1.54, 1.807) is 36.4 Å². The third-order valence-electron chi connectivity index (χ3n) is 3.96. The van der Waals surface area contributed by atoms with Crippen molar-refractivity contribution in [2.75, 3.05) is 10.0 Å². The first kappa shape index (κ1) is 20.0. The van der Waals surface area contributed by atoms with E-state index in [-0.39, 0.29) is 22.1 Å². The van der Waals surface area contributed by atoms with Crippen molar-refractivity contribution in [2.24, 2.45) is 5.92 Å². The maximum atomic E-state index is 12.5. The molecule has 6 heteroatoms. The molecule has 0 fully saturated rings. The number of nitrogens with one attached hydrogen (secondary N) is 2. The third-order valence-corrected chi connectivity index (χ3v) is 5.36. The van der Waals surface area contributed by atoms with Gasteiger partial charge in [0.15, 0.2) is 0 Å². The van der Waals surface area contributed by atoms with Crippen LogP contribution in [0.4, 0.5) is 11.4 Å². The monoisotopic (exact) mass is 374 g/mol. The van der Waals surface area contributed by atoms with E-state index in [2.05, 4.69) is 30.8 Å². The molecule has 0 heterocycles. The van der Waals surface area contributed by atoms with Crippen LogP contribution < -0.4 is 10.0 Å². The van der Waals surface area contributed by atoms with Gasteiger partial charge in [0.25, 0.3) is 10.0 Å². The van der Waals surface area contributed by atoms with Gasteiger partial charge >= 0.3 is 0 Å². The summed E-state index contributed by atoms with van der Waals surface area (Å²) in [5.41, 5.74) is 2.10. The highest BCUT2D eigenvalue weighted by Crippen LogP contribution is 2.24. The Bertz CT molecular complexity index is 863. The number of benzene rings is 2. The van der Waals surface area contributed by atoms with Crippen LogP contribution in [0.1, 0.15) is 40.2 Å². The number of hydrogen-bond donors (Lipinski definition) is 2. The molecule has 2 rings (SSSR count). The fourth-order valence-electron chi connectivity index (χ4n) is 2.26. The van der Waals surface area contributed by atoms with Crippen molar-refractivity contribution in [2.45, 2.75) is 44.9 Å². The lowest BCUT2D eigenvalue weighted by atomic mass is 9.87. The molecule has 2 aromatic rings. The van der Waals surface area contributed by atoms with Crippen LogP contribution >= 0.6 is 0 Å². The minimum Gasteiger partial charge on any atom is -0.326 e. The van der Waals surface area contributed by atoms with E-state index in [1.807, 2.05) is 26.0 Å². The fraction of sp³-hybridized carbons (Fsp3) is 0.350. The highest BCUT2D eigenvalue weighted by atomic mass is 32.2. The maximum absolute atomic E-state index is 12.5. The van der Waals surface area contributed by atoms with Gasteiger partial charge in [-0.1, -0.05) is 46.8 Å². The summed E-state index contributed by atoms with van der Waals surface area (Å²) in [7, 11) is -3.66. The summed E-state index contributed by atoms with van der Waals surface area (Å²) in [5, 5.41) is 2.77. The molecular formula is C20H26N2O3S. The topological polar surface area (TPSA) is 75.3 Å². The molecule has 0 atom stereocenters. The lowest BCUT2D eigenvalue weighted by Crippen LogP contribution is -2.17. The zero-order valence-electron chi connectivity index (χ0n) is 15.8. The number of anilines is 2. The van der Waals surface area contributed by atoms with Crippen LogP contribution in [0.2, 0.25) is 0 Å². The van der Waals surface area contributed by atoms with E-state index in [1.165, 1.54) is 0 Å². The number of sulfonamides is 1. The van der Waals surface area contributed by atoms with Crippen molar-refractivity contribution in [3.63, 3.8) is 0 Å². The number of carbonyl (C=O) groups excluding carboxylic acids is 1. The van der Waals surface area contributed by atoms with Crippen LogP contribution in [0.5, 0.6) is 0 Å². The predicted octanol–water partition coefficient (Wildman–Crippen LogP) is 4.38. The summed E-state index contributed by atoms with van der Waals surface area (Å²) in [4.78, 5) is 11.9. The van der Waals surface area contributed by atoms with Crippen molar-refractivity contribution in [1.82, 2.24) is 0 Å². The Balaban J connectivity index is 2.13. The molecule has 0 unspecified atom stereocenters. The summed E-state index contributed by atoms with van der Waals surface area (Å²) in [6.07, 6.45) is 0. The van der Waals surface area contributed by atoms with Gasteiger partial charge in [-0.15, -0.1) is 0 Å². The van der Waals surface area contributed by atoms with Gasteiger partial charge in [0.05, 0.1) is 4.90 Å². The zero-order chi connectivity index (χ0) is 19.5. The van der Waals surface area contributed by atoms with Crippen LogP contribution in [0.25, 0.3) is 0 Å². The lowest BCUT2D eigenvalue weighted by molar-refractivity contribution is -0.118. The first-order valence-corrected chi connectivity index (χ1v) is 10.0. The average Bonchev–Trinajstić information content (AvgIpc) is 2.55. The molecule has 140 valence electrons. The zero-order valence-corrected chi connectivity index (χ0v) is 16.6. The Morgan fingerprint density at radius 2 is 1.38 bits per heavy atom. The Morgan fingerprint density at radius 1 is 0.885 bits per heavy atom. The molecule has 0 aromatic heterocycles. The first-order valence-electron chi connectivity index (χ1n) is 8.53. The second-order valence-electron chi connectivity index (χ2n) is 7.60. The van der Waals surface area contributed by atoms with Gasteiger partial charge in [-0.3, -0.25) is 9.52 Å². The quantitative estimate of drug-likeness (QED) is 0.815. The molecule has 0 saturated heterocycles. The van der Waals surface area contributed by atoms with Crippen molar-refractivity contribution in [1.29, 1.82) is 0 Å². The molecule has 0 bridgehead atoms. The van der Waals surface area contributed by atoms with Gasteiger partial charge in [-0.2, -0.15) is 0 Å². The highest BCUT2D eigenvalue weighted by Gasteiger charge is 2.17. The van der Waals surface area contributed by atoms with E-state index >= 15 is 0 Å². The van der Waals surface area contributed by atoms with E-state index in [0.29, 0.717) is 11.4 Å². The third kappa shape index (κ3) is 5.08. The van der Waals surface area contributed by atoms with E-state index in [0.717, 1.165) is 5.56 Å². The van der Waals surface area contributed by atoms with Gasteiger partial charge in [-0.05, 0) is 47.4 Å². The molecule has 5 nitrogen and oxygen atoms in total. The summed E-state index contributed by atoms with van der Waals surface area (Å²) in [5.74, 6) is -0.207. The molecule has 0 saturated carbocycles. The smallest absolute Gasteiger partial charge is 0.261 e. The van der Waals surface area contributed by atoms with Crippen LogP contribution in [0.15, 0.2) is 53.4 Å². The summed E-state index contributed by atoms with van der Waals surface area (Å²) < 4.78 is 27.6. The van der Waals surface area contributed by atoms with Gasteiger partial charge in [0.2, 0.25) is 5.91 Å².